The van der Waals surface area contributed by atoms with E-state index >= 15 is 0 Å². The number of nitrogen functional groups attached to an aromatic ring is 1. The van der Waals surface area contributed by atoms with E-state index in [2.05, 4.69) is 15.3 Å². The molecule has 0 fully saturated rings. The normalized spacial score (nSPS) is 13.4. The minimum atomic E-state index is -4.59. The number of hydrogen-bond donors (Lipinski definition) is 2. The number of nitrogens with zero attached hydrogens (tertiary/aromatic N) is 2. The molecule has 0 saturated heterocycles. The van der Waals surface area contributed by atoms with E-state index in [0.717, 1.165) is 5.75 Å². The molecule has 1 atom stereocenters. The first-order valence-corrected chi connectivity index (χ1v) is 6.67. The molecule has 1 aromatic heterocycles. The van der Waals surface area contributed by atoms with Crippen LogP contribution < -0.4 is 11.1 Å². The Bertz CT molecular complexity index is 397. The van der Waals surface area contributed by atoms with E-state index in [1.165, 1.54) is 6.07 Å². The molecule has 1 aromatic rings. The number of anilines is 2. The molecule has 8 heteroatoms. The number of aromatic nitrogens is 2. The van der Waals surface area contributed by atoms with E-state index in [9.17, 15) is 13.2 Å². The summed E-state index contributed by atoms with van der Waals surface area (Å²) in [6.07, 6.45) is -2.61. The number of nitrogens with two attached hydrogens (primary N) is 1. The topological polar surface area (TPSA) is 63.8 Å². The van der Waals surface area contributed by atoms with Crippen molar-refractivity contribution < 1.29 is 13.2 Å². The Morgan fingerprint density at radius 2 is 2.11 bits per heavy atom. The van der Waals surface area contributed by atoms with Crippen LogP contribution in [0.4, 0.5) is 24.8 Å². The maximum atomic E-state index is 12.5. The average molecular weight is 280 g/mol. The van der Waals surface area contributed by atoms with Gasteiger partial charge in [0, 0.05) is 12.6 Å². The lowest BCUT2D eigenvalue weighted by atomic mass is 10.2. The van der Waals surface area contributed by atoms with E-state index in [1.807, 2.05) is 13.2 Å². The molecule has 102 valence electrons. The number of rotatable bonds is 5. The third-order valence-electron chi connectivity index (χ3n) is 2.08. The summed E-state index contributed by atoms with van der Waals surface area (Å²) in [6.45, 7) is 2.54. The Hall–Kier alpha value is -1.18. The molecule has 0 aromatic carbocycles. The molecule has 0 aliphatic carbocycles. The standard InChI is InChI=1S/C10H15F3N4S/c1-6(5-18-2)4-15-8-3-7(14)16-9(17-8)10(11,12)13/h3,6H,4-5H2,1-2H3,(H3,14,15,16,17). The SMILES string of the molecule is CSCC(C)CNc1cc(N)nc(C(F)(F)F)n1. The van der Waals surface area contributed by atoms with Crippen molar-refractivity contribution >= 4 is 23.4 Å². The van der Waals surface area contributed by atoms with Crippen molar-refractivity contribution in [3.8, 4) is 0 Å². The first-order valence-electron chi connectivity index (χ1n) is 5.27. The summed E-state index contributed by atoms with van der Waals surface area (Å²) in [5, 5.41) is 2.84. The lowest BCUT2D eigenvalue weighted by Crippen LogP contribution is -2.17. The number of alkyl halides is 3. The van der Waals surface area contributed by atoms with Crippen LogP contribution in [0.15, 0.2) is 6.07 Å². The molecule has 0 radical (unpaired) electrons. The van der Waals surface area contributed by atoms with Gasteiger partial charge in [-0.2, -0.15) is 24.9 Å². The van der Waals surface area contributed by atoms with Crippen LogP contribution in [0.3, 0.4) is 0 Å². The second-order valence-electron chi connectivity index (χ2n) is 3.94. The van der Waals surface area contributed by atoms with Gasteiger partial charge in [-0.15, -0.1) is 0 Å². The fraction of sp³-hybridized carbons (Fsp3) is 0.600. The van der Waals surface area contributed by atoms with Crippen LogP contribution >= 0.6 is 11.8 Å². The van der Waals surface area contributed by atoms with Gasteiger partial charge in [0.25, 0.3) is 0 Å². The predicted octanol–water partition coefficient (Wildman–Crippen LogP) is 2.49. The third kappa shape index (κ3) is 4.59. The minimum Gasteiger partial charge on any atom is -0.384 e. The average Bonchev–Trinajstić information content (AvgIpc) is 2.25. The van der Waals surface area contributed by atoms with Crippen molar-refractivity contribution in [2.24, 2.45) is 5.92 Å². The van der Waals surface area contributed by atoms with Crippen LogP contribution in [-0.4, -0.2) is 28.5 Å². The zero-order chi connectivity index (χ0) is 13.8. The Morgan fingerprint density at radius 1 is 1.44 bits per heavy atom. The zero-order valence-corrected chi connectivity index (χ0v) is 10.9. The van der Waals surface area contributed by atoms with Crippen LogP contribution in [0.5, 0.6) is 0 Å². The second kappa shape index (κ2) is 6.12. The predicted molar refractivity (Wildman–Crippen MR) is 67.5 cm³/mol. The largest absolute Gasteiger partial charge is 0.451 e. The zero-order valence-electron chi connectivity index (χ0n) is 10.1. The maximum Gasteiger partial charge on any atom is 0.451 e. The lowest BCUT2D eigenvalue weighted by Gasteiger charge is -2.13. The molecular formula is C10H15F3N4S. The van der Waals surface area contributed by atoms with Crippen molar-refractivity contribution in [2.45, 2.75) is 13.1 Å². The van der Waals surface area contributed by atoms with E-state index in [4.69, 9.17) is 5.73 Å². The van der Waals surface area contributed by atoms with Crippen LogP contribution in [0.25, 0.3) is 0 Å². The van der Waals surface area contributed by atoms with Gasteiger partial charge in [-0.3, -0.25) is 0 Å². The number of halogens is 3. The number of thioether (sulfide) groups is 1. The van der Waals surface area contributed by atoms with Gasteiger partial charge < -0.3 is 11.1 Å². The molecule has 0 saturated carbocycles. The molecule has 4 nitrogen and oxygen atoms in total. The molecule has 18 heavy (non-hydrogen) atoms. The fourth-order valence-electron chi connectivity index (χ4n) is 1.31. The smallest absolute Gasteiger partial charge is 0.384 e. The Kier molecular flexibility index (Phi) is 5.06. The highest BCUT2D eigenvalue weighted by atomic mass is 32.2. The summed E-state index contributed by atoms with van der Waals surface area (Å²) in [5.41, 5.74) is 5.33. The maximum absolute atomic E-state index is 12.5. The first kappa shape index (κ1) is 14.9. The van der Waals surface area contributed by atoms with E-state index in [1.54, 1.807) is 11.8 Å². The van der Waals surface area contributed by atoms with Gasteiger partial charge in [-0.05, 0) is 17.9 Å². The van der Waals surface area contributed by atoms with Crippen molar-refractivity contribution in [2.75, 3.05) is 29.6 Å². The van der Waals surface area contributed by atoms with Gasteiger partial charge in [-0.1, -0.05) is 6.92 Å². The third-order valence-corrected chi connectivity index (χ3v) is 2.98. The molecular weight excluding hydrogens is 265 g/mol. The van der Waals surface area contributed by atoms with Gasteiger partial charge in [0.2, 0.25) is 5.82 Å². The van der Waals surface area contributed by atoms with Crippen LogP contribution in [0.2, 0.25) is 0 Å². The summed E-state index contributed by atoms with van der Waals surface area (Å²) in [4.78, 5) is 6.57. The van der Waals surface area contributed by atoms with E-state index in [0.29, 0.717) is 12.5 Å². The highest BCUT2D eigenvalue weighted by molar-refractivity contribution is 7.98. The highest BCUT2D eigenvalue weighted by Gasteiger charge is 2.35. The second-order valence-corrected chi connectivity index (χ2v) is 4.85. The molecule has 0 aliphatic heterocycles. The van der Waals surface area contributed by atoms with Gasteiger partial charge in [-0.25, -0.2) is 9.97 Å². The number of nitrogens with one attached hydrogen (secondary N) is 1. The fourth-order valence-corrected chi connectivity index (χ4v) is 1.99. The quantitative estimate of drug-likeness (QED) is 0.867. The summed E-state index contributed by atoms with van der Waals surface area (Å²) in [6, 6.07) is 1.29. The lowest BCUT2D eigenvalue weighted by molar-refractivity contribution is -0.144. The molecule has 0 spiro atoms. The Morgan fingerprint density at radius 3 is 2.67 bits per heavy atom. The summed E-state index contributed by atoms with van der Waals surface area (Å²) < 4.78 is 37.4. The molecule has 0 bridgehead atoms. The van der Waals surface area contributed by atoms with E-state index in [-0.39, 0.29) is 11.6 Å². The molecule has 3 N–H and O–H groups in total. The number of hydrogen-bond acceptors (Lipinski definition) is 5. The highest BCUT2D eigenvalue weighted by Crippen LogP contribution is 2.27. The monoisotopic (exact) mass is 280 g/mol. The molecule has 1 heterocycles. The van der Waals surface area contributed by atoms with Crippen molar-refractivity contribution in [3.63, 3.8) is 0 Å². The van der Waals surface area contributed by atoms with Crippen molar-refractivity contribution in [1.82, 2.24) is 9.97 Å². The van der Waals surface area contributed by atoms with Crippen LogP contribution in [-0.2, 0) is 6.18 Å². The summed E-state index contributed by atoms with van der Waals surface area (Å²) in [5.74, 6) is -0.0761. The summed E-state index contributed by atoms with van der Waals surface area (Å²) >= 11 is 1.68. The van der Waals surface area contributed by atoms with Gasteiger partial charge in [0.1, 0.15) is 11.6 Å². The molecule has 1 rings (SSSR count). The van der Waals surface area contributed by atoms with Gasteiger partial charge in [0.15, 0.2) is 0 Å². The van der Waals surface area contributed by atoms with Gasteiger partial charge in [0.05, 0.1) is 0 Å². The Balaban J connectivity index is 2.75. The molecule has 1 unspecified atom stereocenters. The van der Waals surface area contributed by atoms with Crippen LogP contribution in [0, 0.1) is 5.92 Å². The van der Waals surface area contributed by atoms with Crippen molar-refractivity contribution in [3.05, 3.63) is 11.9 Å². The molecule has 0 amide bonds. The molecule has 0 aliphatic rings. The first-order chi connectivity index (χ1) is 8.32. The van der Waals surface area contributed by atoms with E-state index < -0.39 is 12.0 Å². The minimum absolute atomic E-state index is 0.0998. The van der Waals surface area contributed by atoms with Crippen LogP contribution in [0.1, 0.15) is 12.7 Å². The van der Waals surface area contributed by atoms with Crippen molar-refractivity contribution in [1.29, 1.82) is 0 Å². The summed E-state index contributed by atoms with van der Waals surface area (Å²) in [7, 11) is 0. The van der Waals surface area contributed by atoms with Gasteiger partial charge >= 0.3 is 6.18 Å². The Labute approximate surface area is 108 Å².